The summed E-state index contributed by atoms with van der Waals surface area (Å²) in [6, 6.07) is 5.19. The van der Waals surface area contributed by atoms with E-state index in [2.05, 4.69) is 9.82 Å². The Balaban J connectivity index is 1.72. The van der Waals surface area contributed by atoms with E-state index in [9.17, 15) is 16.8 Å². The van der Waals surface area contributed by atoms with Crippen molar-refractivity contribution in [2.24, 2.45) is 0 Å². The predicted octanol–water partition coefficient (Wildman–Crippen LogP) is 1.89. The van der Waals surface area contributed by atoms with E-state index in [4.69, 9.17) is 4.74 Å². The maximum absolute atomic E-state index is 12.6. The molecule has 1 aliphatic heterocycles. The number of anilines is 1. The Labute approximate surface area is 171 Å². The summed E-state index contributed by atoms with van der Waals surface area (Å²) in [6.45, 7) is 5.50. The van der Waals surface area contributed by atoms with Crippen LogP contribution in [0.4, 0.5) is 5.69 Å². The number of sulfonamides is 2. The van der Waals surface area contributed by atoms with Gasteiger partial charge in [0.1, 0.15) is 0 Å². The fourth-order valence-electron chi connectivity index (χ4n) is 3.23. The summed E-state index contributed by atoms with van der Waals surface area (Å²) in [5, 5.41) is 4.17. The second-order valence-electron chi connectivity index (χ2n) is 6.75. The third-order valence-electron chi connectivity index (χ3n) is 4.78. The van der Waals surface area contributed by atoms with E-state index in [-0.39, 0.29) is 15.9 Å². The van der Waals surface area contributed by atoms with Crippen molar-refractivity contribution in [3.05, 3.63) is 36.7 Å². The third-order valence-corrected chi connectivity index (χ3v) is 8.24. The normalized spacial score (nSPS) is 17.7. The van der Waals surface area contributed by atoms with Gasteiger partial charge in [0.25, 0.3) is 10.0 Å². The number of benzene rings is 1. The van der Waals surface area contributed by atoms with Gasteiger partial charge in [0.2, 0.25) is 10.0 Å². The SMILES string of the molecule is CCN(CC)S(=O)(=O)c1ccc(S(=O)(=O)Nc2cnn(C[C@@H]3CCCO3)c2)cc1. The molecule has 11 heteroatoms. The summed E-state index contributed by atoms with van der Waals surface area (Å²) < 4.78 is 61.3. The molecule has 9 nitrogen and oxygen atoms in total. The van der Waals surface area contributed by atoms with Gasteiger partial charge in [-0.15, -0.1) is 0 Å². The number of aromatic nitrogens is 2. The minimum atomic E-state index is -3.86. The first kappa shape index (κ1) is 21.8. The van der Waals surface area contributed by atoms with Crippen molar-refractivity contribution in [2.75, 3.05) is 24.4 Å². The van der Waals surface area contributed by atoms with E-state index in [1.807, 2.05) is 0 Å². The molecular formula is C18H26N4O5S2. The standard InChI is InChI=1S/C18H26N4O5S2/c1-3-22(4-2)29(25,26)18-9-7-17(8-10-18)28(23,24)20-15-12-19-21(13-15)14-16-6-5-11-27-16/h7-10,12-13,16,20H,3-6,11,14H2,1-2H3/t16-/m0/s1. The van der Waals surface area contributed by atoms with Crippen LogP contribution in [-0.4, -0.2) is 56.7 Å². The molecule has 2 heterocycles. The number of ether oxygens (including phenoxy) is 1. The Morgan fingerprint density at radius 3 is 2.38 bits per heavy atom. The summed E-state index contributed by atoms with van der Waals surface area (Å²) in [6.07, 6.45) is 5.12. The number of rotatable bonds is 9. The Morgan fingerprint density at radius 2 is 1.79 bits per heavy atom. The van der Waals surface area contributed by atoms with Crippen LogP contribution in [0.5, 0.6) is 0 Å². The summed E-state index contributed by atoms with van der Waals surface area (Å²) in [7, 11) is -7.50. The highest BCUT2D eigenvalue weighted by molar-refractivity contribution is 7.92. The van der Waals surface area contributed by atoms with Crippen molar-refractivity contribution in [3.8, 4) is 0 Å². The fraction of sp³-hybridized carbons (Fsp3) is 0.500. The lowest BCUT2D eigenvalue weighted by atomic mass is 10.2. The molecule has 0 aliphatic carbocycles. The van der Waals surface area contributed by atoms with Crippen molar-refractivity contribution in [1.82, 2.24) is 14.1 Å². The lowest BCUT2D eigenvalue weighted by Gasteiger charge is -2.18. The first-order valence-corrected chi connectivity index (χ1v) is 12.5. The average molecular weight is 443 g/mol. The van der Waals surface area contributed by atoms with Crippen LogP contribution in [0.25, 0.3) is 0 Å². The van der Waals surface area contributed by atoms with E-state index >= 15 is 0 Å². The van der Waals surface area contributed by atoms with Gasteiger partial charge in [-0.25, -0.2) is 16.8 Å². The molecule has 3 rings (SSSR count). The zero-order valence-electron chi connectivity index (χ0n) is 16.5. The molecule has 1 saturated heterocycles. The molecule has 1 aromatic heterocycles. The molecule has 0 radical (unpaired) electrons. The van der Waals surface area contributed by atoms with Crippen LogP contribution in [0.15, 0.2) is 46.5 Å². The van der Waals surface area contributed by atoms with Gasteiger partial charge in [-0.3, -0.25) is 9.40 Å². The second kappa shape index (κ2) is 8.82. The Bertz CT molecular complexity index is 1020. The highest BCUT2D eigenvalue weighted by atomic mass is 32.2. The van der Waals surface area contributed by atoms with Gasteiger partial charge >= 0.3 is 0 Å². The third kappa shape index (κ3) is 4.97. The molecule has 0 spiro atoms. The van der Waals surface area contributed by atoms with E-state index in [0.29, 0.717) is 25.3 Å². The Kier molecular flexibility index (Phi) is 6.62. The van der Waals surface area contributed by atoms with E-state index in [1.54, 1.807) is 24.7 Å². The monoisotopic (exact) mass is 442 g/mol. The molecule has 160 valence electrons. The van der Waals surface area contributed by atoms with Gasteiger partial charge in [-0.2, -0.15) is 9.40 Å². The largest absolute Gasteiger partial charge is 0.376 e. The van der Waals surface area contributed by atoms with Crippen molar-refractivity contribution >= 4 is 25.7 Å². The van der Waals surface area contributed by atoms with Crippen molar-refractivity contribution < 1.29 is 21.6 Å². The summed E-state index contributed by atoms with van der Waals surface area (Å²) >= 11 is 0. The van der Waals surface area contributed by atoms with E-state index in [1.165, 1.54) is 34.8 Å². The zero-order valence-corrected chi connectivity index (χ0v) is 18.1. The zero-order chi connectivity index (χ0) is 21.1. The van der Waals surface area contributed by atoms with Crippen LogP contribution in [0, 0.1) is 0 Å². The first-order valence-electron chi connectivity index (χ1n) is 9.53. The minimum absolute atomic E-state index is 0.0251. The van der Waals surface area contributed by atoms with Crippen LogP contribution in [0.3, 0.4) is 0 Å². The lowest BCUT2D eigenvalue weighted by molar-refractivity contribution is 0.0940. The summed E-state index contributed by atoms with van der Waals surface area (Å²) in [4.78, 5) is 0.0346. The first-order chi connectivity index (χ1) is 13.8. The molecule has 1 atom stereocenters. The van der Waals surface area contributed by atoms with Gasteiger partial charge in [-0.1, -0.05) is 13.8 Å². The van der Waals surface area contributed by atoms with Crippen LogP contribution >= 0.6 is 0 Å². The molecular weight excluding hydrogens is 416 g/mol. The van der Waals surface area contributed by atoms with Crippen molar-refractivity contribution in [1.29, 1.82) is 0 Å². The van der Waals surface area contributed by atoms with Gasteiger partial charge in [0.05, 0.1) is 34.3 Å². The second-order valence-corrected chi connectivity index (χ2v) is 10.4. The van der Waals surface area contributed by atoms with Crippen LogP contribution < -0.4 is 4.72 Å². The molecule has 1 fully saturated rings. The smallest absolute Gasteiger partial charge is 0.261 e. The van der Waals surface area contributed by atoms with Gasteiger partial charge in [-0.05, 0) is 37.1 Å². The Morgan fingerprint density at radius 1 is 1.14 bits per heavy atom. The molecule has 0 bridgehead atoms. The van der Waals surface area contributed by atoms with Crippen molar-refractivity contribution in [3.63, 3.8) is 0 Å². The quantitative estimate of drug-likeness (QED) is 0.635. The summed E-state index contributed by atoms with van der Waals surface area (Å²) in [5.41, 5.74) is 0.336. The Hall–Kier alpha value is -1.95. The number of nitrogens with zero attached hydrogens (tertiary/aromatic N) is 3. The van der Waals surface area contributed by atoms with Gasteiger partial charge < -0.3 is 4.74 Å². The average Bonchev–Trinajstić information content (AvgIpc) is 3.35. The molecule has 0 saturated carbocycles. The number of hydrogen-bond donors (Lipinski definition) is 1. The molecule has 1 N–H and O–H groups in total. The highest BCUT2D eigenvalue weighted by Crippen LogP contribution is 2.21. The molecule has 1 aliphatic rings. The fourth-order valence-corrected chi connectivity index (χ4v) is 5.72. The molecule has 29 heavy (non-hydrogen) atoms. The molecule has 2 aromatic rings. The highest BCUT2D eigenvalue weighted by Gasteiger charge is 2.23. The van der Waals surface area contributed by atoms with E-state index < -0.39 is 20.0 Å². The van der Waals surface area contributed by atoms with E-state index in [0.717, 1.165) is 19.4 Å². The summed E-state index contributed by atoms with van der Waals surface area (Å²) in [5.74, 6) is 0. The van der Waals surface area contributed by atoms with Crippen molar-refractivity contribution in [2.45, 2.75) is 49.1 Å². The lowest BCUT2D eigenvalue weighted by Crippen LogP contribution is -2.30. The van der Waals surface area contributed by atoms with Crippen LogP contribution in [-0.2, 0) is 31.3 Å². The van der Waals surface area contributed by atoms with Crippen LogP contribution in [0.1, 0.15) is 26.7 Å². The maximum atomic E-state index is 12.6. The topological polar surface area (TPSA) is 111 Å². The molecule has 0 unspecified atom stereocenters. The van der Waals surface area contributed by atoms with Crippen LogP contribution in [0.2, 0.25) is 0 Å². The van der Waals surface area contributed by atoms with Gasteiger partial charge in [0, 0.05) is 25.9 Å². The maximum Gasteiger partial charge on any atom is 0.261 e. The molecule has 1 aromatic carbocycles. The predicted molar refractivity (Wildman–Crippen MR) is 109 cm³/mol. The minimum Gasteiger partial charge on any atom is -0.376 e. The van der Waals surface area contributed by atoms with Gasteiger partial charge in [0.15, 0.2) is 0 Å². The number of nitrogens with one attached hydrogen (secondary N) is 1. The molecule has 0 amide bonds. The number of hydrogen-bond acceptors (Lipinski definition) is 6.